The molecule has 0 aromatic carbocycles. The van der Waals surface area contributed by atoms with Gasteiger partial charge < -0.3 is 9.67 Å². The standard InChI is InChI=1S/C8H9N5O2/c1-2-13-4-3-9-7(13)5-6(8(14)15)11-12-10-5/h3-4H,2H2,1H3,(H,14,15)(H,10,11,12). The van der Waals surface area contributed by atoms with Gasteiger partial charge in [-0.3, -0.25) is 0 Å². The lowest BCUT2D eigenvalue weighted by Gasteiger charge is -2.00. The summed E-state index contributed by atoms with van der Waals surface area (Å²) < 4.78 is 1.80. The molecule has 0 aliphatic heterocycles. The number of hydrogen-bond acceptors (Lipinski definition) is 4. The lowest BCUT2D eigenvalue weighted by atomic mass is 10.3. The SMILES string of the molecule is CCn1ccnc1-c1n[nH]nc1C(=O)O. The molecule has 0 fully saturated rings. The molecule has 0 bridgehead atoms. The van der Waals surface area contributed by atoms with Crippen molar-refractivity contribution in [3.05, 3.63) is 18.1 Å². The fourth-order valence-electron chi connectivity index (χ4n) is 1.32. The Bertz CT molecular complexity index is 487. The van der Waals surface area contributed by atoms with E-state index in [2.05, 4.69) is 20.4 Å². The van der Waals surface area contributed by atoms with E-state index in [-0.39, 0.29) is 11.4 Å². The Morgan fingerprint density at radius 2 is 2.40 bits per heavy atom. The van der Waals surface area contributed by atoms with E-state index in [1.54, 1.807) is 17.0 Å². The molecule has 15 heavy (non-hydrogen) atoms. The van der Waals surface area contributed by atoms with Gasteiger partial charge in [-0.2, -0.15) is 10.3 Å². The second kappa shape index (κ2) is 3.52. The van der Waals surface area contributed by atoms with Crippen molar-refractivity contribution < 1.29 is 9.90 Å². The molecule has 2 aromatic rings. The molecule has 0 spiro atoms. The summed E-state index contributed by atoms with van der Waals surface area (Å²) in [7, 11) is 0. The van der Waals surface area contributed by atoms with Crippen LogP contribution in [0, 0.1) is 0 Å². The van der Waals surface area contributed by atoms with E-state index < -0.39 is 5.97 Å². The zero-order chi connectivity index (χ0) is 10.8. The summed E-state index contributed by atoms with van der Waals surface area (Å²) in [6, 6.07) is 0. The molecular weight excluding hydrogens is 198 g/mol. The Morgan fingerprint density at radius 1 is 1.60 bits per heavy atom. The first-order valence-electron chi connectivity index (χ1n) is 4.39. The van der Waals surface area contributed by atoms with E-state index in [1.165, 1.54) is 0 Å². The summed E-state index contributed by atoms with van der Waals surface area (Å²) in [6.07, 6.45) is 3.36. The molecule has 0 saturated carbocycles. The van der Waals surface area contributed by atoms with Gasteiger partial charge in [0.05, 0.1) is 0 Å². The number of aromatic amines is 1. The fourth-order valence-corrected chi connectivity index (χ4v) is 1.32. The first-order chi connectivity index (χ1) is 7.24. The number of aromatic carboxylic acids is 1. The average molecular weight is 207 g/mol. The van der Waals surface area contributed by atoms with Crippen LogP contribution < -0.4 is 0 Å². The quantitative estimate of drug-likeness (QED) is 0.758. The van der Waals surface area contributed by atoms with Crippen molar-refractivity contribution in [1.29, 1.82) is 0 Å². The van der Waals surface area contributed by atoms with Gasteiger partial charge >= 0.3 is 5.97 Å². The lowest BCUT2D eigenvalue weighted by Crippen LogP contribution is -2.03. The highest BCUT2D eigenvalue weighted by Crippen LogP contribution is 2.17. The van der Waals surface area contributed by atoms with Crippen LogP contribution in [0.2, 0.25) is 0 Å². The smallest absolute Gasteiger partial charge is 0.358 e. The van der Waals surface area contributed by atoms with Crippen molar-refractivity contribution in [1.82, 2.24) is 25.0 Å². The summed E-state index contributed by atoms with van der Waals surface area (Å²) in [6.45, 7) is 2.63. The van der Waals surface area contributed by atoms with E-state index in [1.807, 2.05) is 6.92 Å². The van der Waals surface area contributed by atoms with Gasteiger partial charge in [0.1, 0.15) is 0 Å². The molecule has 0 aliphatic rings. The van der Waals surface area contributed by atoms with Crippen LogP contribution in [0.4, 0.5) is 0 Å². The van der Waals surface area contributed by atoms with Crippen LogP contribution in [0.5, 0.6) is 0 Å². The summed E-state index contributed by atoms with van der Waals surface area (Å²) in [5.74, 6) is -0.618. The van der Waals surface area contributed by atoms with Crippen molar-refractivity contribution in [2.45, 2.75) is 13.5 Å². The van der Waals surface area contributed by atoms with Crippen molar-refractivity contribution in [2.24, 2.45) is 0 Å². The van der Waals surface area contributed by atoms with Crippen LogP contribution >= 0.6 is 0 Å². The molecule has 7 nitrogen and oxygen atoms in total. The minimum Gasteiger partial charge on any atom is -0.476 e. The van der Waals surface area contributed by atoms with Gasteiger partial charge in [-0.25, -0.2) is 9.78 Å². The molecule has 2 aromatic heterocycles. The monoisotopic (exact) mass is 207 g/mol. The van der Waals surface area contributed by atoms with Gasteiger partial charge in [0.25, 0.3) is 0 Å². The van der Waals surface area contributed by atoms with Crippen LogP contribution in [0.25, 0.3) is 11.5 Å². The van der Waals surface area contributed by atoms with Gasteiger partial charge in [0.2, 0.25) is 5.69 Å². The largest absolute Gasteiger partial charge is 0.476 e. The normalized spacial score (nSPS) is 10.5. The van der Waals surface area contributed by atoms with Crippen LogP contribution in [0.15, 0.2) is 12.4 Å². The van der Waals surface area contributed by atoms with Crippen molar-refractivity contribution in [3.8, 4) is 11.5 Å². The minimum absolute atomic E-state index is 0.115. The Balaban J connectivity index is 2.54. The van der Waals surface area contributed by atoms with Crippen LogP contribution in [0.3, 0.4) is 0 Å². The zero-order valence-corrected chi connectivity index (χ0v) is 8.01. The molecule has 7 heteroatoms. The van der Waals surface area contributed by atoms with Crippen LogP contribution in [-0.4, -0.2) is 36.0 Å². The van der Waals surface area contributed by atoms with Crippen molar-refractivity contribution in [3.63, 3.8) is 0 Å². The molecule has 0 aliphatic carbocycles. The number of carboxylic acids is 1. The molecule has 2 rings (SSSR count). The van der Waals surface area contributed by atoms with Crippen molar-refractivity contribution >= 4 is 5.97 Å². The van der Waals surface area contributed by atoms with Gasteiger partial charge in [-0.15, -0.1) is 5.10 Å². The third kappa shape index (κ3) is 1.47. The summed E-state index contributed by atoms with van der Waals surface area (Å²) >= 11 is 0. The number of aromatic nitrogens is 5. The maximum absolute atomic E-state index is 10.8. The van der Waals surface area contributed by atoms with E-state index >= 15 is 0 Å². The Kier molecular flexibility index (Phi) is 2.20. The number of imidazole rings is 1. The second-order valence-corrected chi connectivity index (χ2v) is 2.86. The number of H-pyrrole nitrogens is 1. The van der Waals surface area contributed by atoms with Gasteiger partial charge in [-0.05, 0) is 6.92 Å². The Morgan fingerprint density at radius 3 is 3.07 bits per heavy atom. The van der Waals surface area contributed by atoms with Gasteiger partial charge in [0.15, 0.2) is 11.5 Å². The molecule has 2 N–H and O–H groups in total. The average Bonchev–Trinajstić information content (AvgIpc) is 2.85. The van der Waals surface area contributed by atoms with E-state index in [0.29, 0.717) is 12.4 Å². The molecule has 78 valence electrons. The maximum atomic E-state index is 10.8. The number of hydrogen-bond donors (Lipinski definition) is 2. The molecule has 2 heterocycles. The summed E-state index contributed by atoms with van der Waals surface area (Å²) in [5, 5.41) is 18.5. The summed E-state index contributed by atoms with van der Waals surface area (Å²) in [5.41, 5.74) is 0.144. The number of carbonyl (C=O) groups is 1. The molecule has 0 saturated heterocycles. The van der Waals surface area contributed by atoms with Gasteiger partial charge in [-0.1, -0.05) is 0 Å². The molecule has 0 atom stereocenters. The van der Waals surface area contributed by atoms with Crippen LogP contribution in [0.1, 0.15) is 17.4 Å². The minimum atomic E-state index is -1.12. The first-order valence-corrected chi connectivity index (χ1v) is 4.39. The van der Waals surface area contributed by atoms with Gasteiger partial charge in [0, 0.05) is 18.9 Å². The van der Waals surface area contributed by atoms with Crippen molar-refractivity contribution in [2.75, 3.05) is 0 Å². The maximum Gasteiger partial charge on any atom is 0.358 e. The van der Waals surface area contributed by atoms with E-state index in [9.17, 15) is 4.79 Å². The third-order valence-electron chi connectivity index (χ3n) is 2.02. The number of rotatable bonds is 3. The number of nitrogens with zero attached hydrogens (tertiary/aromatic N) is 4. The van der Waals surface area contributed by atoms with Crippen LogP contribution in [-0.2, 0) is 6.54 Å². The summed E-state index contributed by atoms with van der Waals surface area (Å²) in [4.78, 5) is 14.9. The molecular formula is C8H9N5O2. The topological polar surface area (TPSA) is 96.7 Å². The molecule has 0 radical (unpaired) electrons. The third-order valence-corrected chi connectivity index (χ3v) is 2.02. The number of aryl methyl sites for hydroxylation is 1. The predicted octanol–water partition coefficient (Wildman–Crippen LogP) is 0.386. The Labute approximate surface area is 84.8 Å². The molecule has 0 unspecified atom stereocenters. The predicted molar refractivity (Wildman–Crippen MR) is 50.2 cm³/mol. The highest BCUT2D eigenvalue weighted by Gasteiger charge is 2.19. The Hall–Kier alpha value is -2.18. The first kappa shape index (κ1) is 9.38. The van der Waals surface area contributed by atoms with E-state index in [4.69, 9.17) is 5.11 Å². The fraction of sp³-hybridized carbons (Fsp3) is 0.250. The van der Waals surface area contributed by atoms with E-state index in [0.717, 1.165) is 0 Å². The zero-order valence-electron chi connectivity index (χ0n) is 8.01. The highest BCUT2D eigenvalue weighted by atomic mass is 16.4. The molecule has 0 amide bonds. The lowest BCUT2D eigenvalue weighted by molar-refractivity contribution is 0.0691. The number of carboxylic acid groups (broad SMARTS) is 1. The highest BCUT2D eigenvalue weighted by molar-refractivity contribution is 5.91. The number of nitrogens with one attached hydrogen (secondary N) is 1. The second-order valence-electron chi connectivity index (χ2n) is 2.86.